The Morgan fingerprint density at radius 1 is 0.912 bits per heavy atom. The van der Waals surface area contributed by atoms with Crippen molar-refractivity contribution in [3.05, 3.63) is 89.5 Å². The Hall–Kier alpha value is -2.96. The van der Waals surface area contributed by atoms with Crippen LogP contribution in [0, 0.1) is 0 Å². The maximum atomic E-state index is 12.5. The highest BCUT2D eigenvalue weighted by Gasteiger charge is 2.18. The first-order valence-electron chi connectivity index (χ1n) is 11.8. The number of piperazine rings is 1. The lowest BCUT2D eigenvalue weighted by molar-refractivity contribution is 0.0951. The van der Waals surface area contributed by atoms with Crippen molar-refractivity contribution in [2.45, 2.75) is 18.0 Å². The molecule has 1 N–H and O–H groups in total. The lowest BCUT2D eigenvalue weighted by Crippen LogP contribution is -2.46. The second kappa shape index (κ2) is 11.4. The van der Waals surface area contributed by atoms with Gasteiger partial charge < -0.3 is 15.1 Å². The molecule has 0 atom stereocenters. The van der Waals surface area contributed by atoms with Gasteiger partial charge in [0.15, 0.2) is 0 Å². The van der Waals surface area contributed by atoms with Gasteiger partial charge in [0, 0.05) is 75.2 Å². The summed E-state index contributed by atoms with van der Waals surface area (Å²) in [5.41, 5.74) is 5.64. The van der Waals surface area contributed by atoms with Crippen molar-refractivity contribution in [3.63, 3.8) is 0 Å². The van der Waals surface area contributed by atoms with Gasteiger partial charge in [0.2, 0.25) is 0 Å². The molecule has 34 heavy (non-hydrogen) atoms. The van der Waals surface area contributed by atoms with Gasteiger partial charge in [-0.15, -0.1) is 11.8 Å². The Morgan fingerprint density at radius 2 is 1.62 bits per heavy atom. The fourth-order valence-electron chi connectivity index (χ4n) is 4.21. The third-order valence-electron chi connectivity index (χ3n) is 6.31. The van der Waals surface area contributed by atoms with E-state index in [1.54, 1.807) is 11.8 Å². The number of hydrogen-bond acceptors (Lipinski definition) is 5. The molecule has 1 aliphatic rings. The van der Waals surface area contributed by atoms with Gasteiger partial charge in [0.05, 0.1) is 0 Å². The van der Waals surface area contributed by atoms with Gasteiger partial charge in [-0.25, -0.2) is 0 Å². The summed E-state index contributed by atoms with van der Waals surface area (Å²) in [4.78, 5) is 20.8. The first-order chi connectivity index (χ1) is 16.5. The summed E-state index contributed by atoms with van der Waals surface area (Å²) in [5, 5.41) is 3.05. The molecule has 0 bridgehead atoms. The molecular formula is C28H34N4OS. The molecular weight excluding hydrogens is 440 g/mol. The summed E-state index contributed by atoms with van der Waals surface area (Å²) in [5.74, 6) is -0.0368. The predicted octanol–water partition coefficient (Wildman–Crippen LogP) is 4.73. The summed E-state index contributed by atoms with van der Waals surface area (Å²) in [6, 6.07) is 25.1. The normalized spacial score (nSPS) is 14.1. The van der Waals surface area contributed by atoms with Crippen molar-refractivity contribution in [1.29, 1.82) is 0 Å². The number of hydrogen-bond donors (Lipinski definition) is 1. The third kappa shape index (κ3) is 6.33. The monoisotopic (exact) mass is 474 g/mol. The van der Waals surface area contributed by atoms with Gasteiger partial charge in [-0.3, -0.25) is 9.69 Å². The molecule has 0 radical (unpaired) electrons. The summed E-state index contributed by atoms with van der Waals surface area (Å²) in [6.45, 7) is 5.62. The van der Waals surface area contributed by atoms with Crippen molar-refractivity contribution in [2.24, 2.45) is 0 Å². The van der Waals surface area contributed by atoms with E-state index in [0.717, 1.165) is 43.2 Å². The Bertz CT molecular complexity index is 1070. The number of carbonyl (C=O) groups excluding carboxylic acids is 1. The minimum Gasteiger partial charge on any atom is -0.378 e. The number of anilines is 2. The molecule has 3 aromatic rings. The standard InChI is InChI=1S/C28H34N4OS/c1-30(2)25-11-7-22(8-12-25)21-31-15-17-32(18-16-31)26-6-4-5-23(19-26)20-29-28(33)24-9-13-27(34-3)14-10-24/h4-14,19H,15-18,20-21H2,1-3H3,(H,29,33). The number of nitrogens with one attached hydrogen (secondary N) is 1. The largest absolute Gasteiger partial charge is 0.378 e. The van der Waals surface area contributed by atoms with E-state index >= 15 is 0 Å². The molecule has 0 unspecified atom stereocenters. The molecule has 0 aromatic heterocycles. The van der Waals surface area contributed by atoms with Crippen LogP contribution < -0.4 is 15.1 Å². The topological polar surface area (TPSA) is 38.8 Å². The maximum absolute atomic E-state index is 12.5. The van der Waals surface area contributed by atoms with E-state index in [9.17, 15) is 4.79 Å². The Morgan fingerprint density at radius 3 is 2.26 bits per heavy atom. The highest BCUT2D eigenvalue weighted by molar-refractivity contribution is 7.98. The highest BCUT2D eigenvalue weighted by Crippen LogP contribution is 2.20. The number of nitrogens with zero attached hydrogens (tertiary/aromatic N) is 3. The fraction of sp³-hybridized carbons (Fsp3) is 0.321. The fourth-order valence-corrected chi connectivity index (χ4v) is 4.62. The SMILES string of the molecule is CSc1ccc(C(=O)NCc2cccc(N3CCN(Cc4ccc(N(C)C)cc4)CC3)c2)cc1. The maximum Gasteiger partial charge on any atom is 0.251 e. The van der Waals surface area contributed by atoms with E-state index in [2.05, 4.69) is 82.6 Å². The molecule has 0 saturated carbocycles. The van der Waals surface area contributed by atoms with Crippen LogP contribution >= 0.6 is 11.8 Å². The molecule has 4 rings (SSSR count). The summed E-state index contributed by atoms with van der Waals surface area (Å²) >= 11 is 1.68. The van der Waals surface area contributed by atoms with Gasteiger partial charge in [-0.2, -0.15) is 0 Å². The van der Waals surface area contributed by atoms with Crippen LogP contribution in [0.1, 0.15) is 21.5 Å². The van der Waals surface area contributed by atoms with Gasteiger partial charge >= 0.3 is 0 Å². The Labute approximate surface area is 207 Å². The van der Waals surface area contributed by atoms with Crippen LogP contribution in [0.5, 0.6) is 0 Å². The van der Waals surface area contributed by atoms with E-state index in [1.807, 2.05) is 30.5 Å². The molecule has 0 spiro atoms. The van der Waals surface area contributed by atoms with Gasteiger partial charge in [0.25, 0.3) is 5.91 Å². The molecule has 5 nitrogen and oxygen atoms in total. The molecule has 0 aliphatic carbocycles. The van der Waals surface area contributed by atoms with Crippen molar-refractivity contribution in [2.75, 3.05) is 56.3 Å². The van der Waals surface area contributed by atoms with Crippen molar-refractivity contribution in [1.82, 2.24) is 10.2 Å². The van der Waals surface area contributed by atoms with Gasteiger partial charge in [-0.05, 0) is 65.9 Å². The molecule has 1 aliphatic heterocycles. The minimum absolute atomic E-state index is 0.0368. The quantitative estimate of drug-likeness (QED) is 0.478. The molecule has 3 aromatic carbocycles. The van der Waals surface area contributed by atoms with Crippen LogP contribution in [0.3, 0.4) is 0 Å². The summed E-state index contributed by atoms with van der Waals surface area (Å²) in [7, 11) is 4.14. The van der Waals surface area contributed by atoms with Crippen molar-refractivity contribution < 1.29 is 4.79 Å². The van der Waals surface area contributed by atoms with E-state index in [0.29, 0.717) is 12.1 Å². The predicted molar refractivity (Wildman–Crippen MR) is 144 cm³/mol. The zero-order chi connectivity index (χ0) is 23.9. The average molecular weight is 475 g/mol. The molecule has 178 valence electrons. The number of benzene rings is 3. The second-order valence-electron chi connectivity index (χ2n) is 8.91. The first-order valence-corrected chi connectivity index (χ1v) is 13.0. The average Bonchev–Trinajstić information content (AvgIpc) is 2.88. The number of amides is 1. The number of rotatable bonds is 8. The minimum atomic E-state index is -0.0368. The summed E-state index contributed by atoms with van der Waals surface area (Å²) in [6.07, 6.45) is 2.03. The highest BCUT2D eigenvalue weighted by atomic mass is 32.2. The van der Waals surface area contributed by atoms with Crippen LogP contribution in [0.2, 0.25) is 0 Å². The molecule has 1 fully saturated rings. The third-order valence-corrected chi connectivity index (χ3v) is 7.06. The second-order valence-corrected chi connectivity index (χ2v) is 9.78. The van der Waals surface area contributed by atoms with Gasteiger partial charge in [-0.1, -0.05) is 24.3 Å². The Kier molecular flexibility index (Phi) is 8.14. The van der Waals surface area contributed by atoms with E-state index < -0.39 is 0 Å². The van der Waals surface area contributed by atoms with Crippen molar-refractivity contribution >= 4 is 29.0 Å². The summed E-state index contributed by atoms with van der Waals surface area (Å²) < 4.78 is 0. The molecule has 1 heterocycles. The van der Waals surface area contributed by atoms with Crippen molar-refractivity contribution in [3.8, 4) is 0 Å². The zero-order valence-corrected chi connectivity index (χ0v) is 21.1. The van der Waals surface area contributed by atoms with Crippen LogP contribution in [0.15, 0.2) is 77.7 Å². The van der Waals surface area contributed by atoms with E-state index in [-0.39, 0.29) is 5.91 Å². The Balaban J connectivity index is 1.28. The van der Waals surface area contributed by atoms with E-state index in [4.69, 9.17) is 0 Å². The van der Waals surface area contributed by atoms with E-state index in [1.165, 1.54) is 16.9 Å². The number of thioether (sulfide) groups is 1. The zero-order valence-electron chi connectivity index (χ0n) is 20.3. The van der Waals surface area contributed by atoms with Gasteiger partial charge in [0.1, 0.15) is 0 Å². The molecule has 1 saturated heterocycles. The lowest BCUT2D eigenvalue weighted by Gasteiger charge is -2.36. The first kappa shape index (κ1) is 24.2. The smallest absolute Gasteiger partial charge is 0.251 e. The number of carbonyl (C=O) groups is 1. The van der Waals surface area contributed by atoms with Crippen LogP contribution in [0.4, 0.5) is 11.4 Å². The molecule has 1 amide bonds. The molecule has 6 heteroatoms. The van der Waals surface area contributed by atoms with Crippen LogP contribution in [-0.2, 0) is 13.1 Å². The lowest BCUT2D eigenvalue weighted by atomic mass is 10.1. The van der Waals surface area contributed by atoms with Crippen LogP contribution in [-0.4, -0.2) is 57.3 Å². The van der Waals surface area contributed by atoms with Crippen LogP contribution in [0.25, 0.3) is 0 Å².